The Morgan fingerprint density at radius 2 is 1.68 bits per heavy atom. The molecular formula is C19H22LiNO4. The van der Waals surface area contributed by atoms with Gasteiger partial charge >= 0.3 is 18.9 Å². The van der Waals surface area contributed by atoms with Gasteiger partial charge in [-0.05, 0) is 36.9 Å². The minimum Gasteiger partial charge on any atom is -0.549 e. The second kappa shape index (κ2) is 10.8. The molecule has 1 atom stereocenters. The topological polar surface area (TPSA) is 61.8 Å². The molecule has 0 saturated heterocycles. The van der Waals surface area contributed by atoms with Crippen molar-refractivity contribution < 1.29 is 38.2 Å². The fourth-order valence-electron chi connectivity index (χ4n) is 2.42. The van der Waals surface area contributed by atoms with Crippen LogP contribution in [0.15, 0.2) is 54.6 Å². The third-order valence-electron chi connectivity index (χ3n) is 3.68. The van der Waals surface area contributed by atoms with Crippen molar-refractivity contribution in [3.63, 3.8) is 0 Å². The second-order valence-electron chi connectivity index (χ2n) is 5.59. The van der Waals surface area contributed by atoms with Crippen LogP contribution in [-0.4, -0.2) is 38.1 Å². The van der Waals surface area contributed by atoms with Crippen LogP contribution in [0, 0.1) is 0 Å². The number of carboxylic acids is 1. The monoisotopic (exact) mass is 335 g/mol. The number of benzene rings is 2. The predicted molar refractivity (Wildman–Crippen MR) is 89.9 cm³/mol. The van der Waals surface area contributed by atoms with Gasteiger partial charge < -0.3 is 24.3 Å². The van der Waals surface area contributed by atoms with E-state index in [0.717, 1.165) is 17.1 Å². The summed E-state index contributed by atoms with van der Waals surface area (Å²) in [6.07, 6.45) is 0.503. The first-order chi connectivity index (χ1) is 11.6. The van der Waals surface area contributed by atoms with Crippen LogP contribution in [0.4, 0.5) is 0 Å². The van der Waals surface area contributed by atoms with Crippen LogP contribution in [0.5, 0.6) is 11.5 Å². The molecule has 0 fully saturated rings. The molecule has 0 amide bonds. The van der Waals surface area contributed by atoms with E-state index in [1.807, 2.05) is 54.6 Å². The van der Waals surface area contributed by atoms with Crippen molar-refractivity contribution in [2.75, 3.05) is 27.2 Å². The van der Waals surface area contributed by atoms with Gasteiger partial charge in [0.15, 0.2) is 0 Å². The summed E-state index contributed by atoms with van der Waals surface area (Å²) in [5, 5.41) is 10.7. The molecule has 2 aromatic carbocycles. The molecule has 0 bridgehead atoms. The first-order valence-electron chi connectivity index (χ1n) is 7.82. The van der Waals surface area contributed by atoms with Crippen LogP contribution in [0.1, 0.15) is 18.1 Å². The van der Waals surface area contributed by atoms with Crippen LogP contribution >= 0.6 is 0 Å². The van der Waals surface area contributed by atoms with E-state index in [-0.39, 0.29) is 31.5 Å². The van der Waals surface area contributed by atoms with Crippen LogP contribution in [0.2, 0.25) is 0 Å². The standard InChI is InChI=1S/C19H23NO4.Li/c1-20(14-19(21)22)13-12-18(15-6-4-3-5-7-15)24-17-10-8-16(23-2)9-11-17;/h3-11,18H,12-14H2,1-2H3,(H,21,22);/q;+1/p-1/t18-;/m0./s1. The maximum Gasteiger partial charge on any atom is 1.00 e. The Morgan fingerprint density at radius 3 is 2.24 bits per heavy atom. The number of carbonyl (C=O) groups excluding carboxylic acids is 1. The molecule has 0 aliphatic carbocycles. The van der Waals surface area contributed by atoms with E-state index in [4.69, 9.17) is 9.47 Å². The molecule has 6 heteroatoms. The summed E-state index contributed by atoms with van der Waals surface area (Å²) in [5.41, 5.74) is 1.05. The van der Waals surface area contributed by atoms with Gasteiger partial charge in [0, 0.05) is 19.5 Å². The summed E-state index contributed by atoms with van der Waals surface area (Å²) in [4.78, 5) is 12.4. The van der Waals surface area contributed by atoms with Gasteiger partial charge in [0.25, 0.3) is 0 Å². The van der Waals surface area contributed by atoms with Crippen molar-refractivity contribution in [1.29, 1.82) is 0 Å². The Labute approximate surface area is 160 Å². The summed E-state index contributed by atoms with van der Waals surface area (Å²) >= 11 is 0. The van der Waals surface area contributed by atoms with E-state index in [9.17, 15) is 9.90 Å². The third-order valence-corrected chi connectivity index (χ3v) is 3.68. The maximum absolute atomic E-state index is 10.7. The molecule has 0 spiro atoms. The Bertz CT molecular complexity index is 634. The van der Waals surface area contributed by atoms with Gasteiger partial charge in [-0.1, -0.05) is 30.3 Å². The molecular weight excluding hydrogens is 313 g/mol. The zero-order valence-corrected chi connectivity index (χ0v) is 15.0. The normalized spacial score (nSPS) is 11.5. The molecule has 0 N–H and O–H groups in total. The van der Waals surface area contributed by atoms with Gasteiger partial charge in [0.2, 0.25) is 0 Å². The minimum atomic E-state index is -1.08. The molecule has 0 saturated carbocycles. The predicted octanol–water partition coefficient (Wildman–Crippen LogP) is -1.11. The average Bonchev–Trinajstić information content (AvgIpc) is 2.59. The fraction of sp³-hybridized carbons (Fsp3) is 0.316. The summed E-state index contributed by atoms with van der Waals surface area (Å²) in [6, 6.07) is 17.3. The van der Waals surface area contributed by atoms with E-state index in [1.54, 1.807) is 19.1 Å². The number of hydrogen-bond donors (Lipinski definition) is 0. The van der Waals surface area contributed by atoms with Gasteiger partial charge in [0.05, 0.1) is 13.1 Å². The van der Waals surface area contributed by atoms with E-state index < -0.39 is 5.97 Å². The summed E-state index contributed by atoms with van der Waals surface area (Å²) in [6.45, 7) is 0.494. The second-order valence-corrected chi connectivity index (χ2v) is 5.59. The largest absolute Gasteiger partial charge is 1.00 e. The third kappa shape index (κ3) is 7.23. The fourth-order valence-corrected chi connectivity index (χ4v) is 2.42. The van der Waals surface area contributed by atoms with E-state index in [2.05, 4.69) is 0 Å². The van der Waals surface area contributed by atoms with Crippen molar-refractivity contribution >= 4 is 5.97 Å². The van der Waals surface area contributed by atoms with Gasteiger partial charge in [-0.2, -0.15) is 0 Å². The Balaban J connectivity index is 0.00000312. The van der Waals surface area contributed by atoms with Crippen LogP contribution in [-0.2, 0) is 4.79 Å². The first kappa shape index (κ1) is 21.1. The maximum atomic E-state index is 10.7. The summed E-state index contributed by atoms with van der Waals surface area (Å²) in [7, 11) is 3.38. The zero-order valence-electron chi connectivity index (χ0n) is 15.0. The average molecular weight is 335 g/mol. The van der Waals surface area contributed by atoms with Gasteiger partial charge in [0.1, 0.15) is 17.6 Å². The first-order valence-corrected chi connectivity index (χ1v) is 7.82. The number of carboxylic acid groups (broad SMARTS) is 1. The Morgan fingerprint density at radius 1 is 1.08 bits per heavy atom. The molecule has 0 unspecified atom stereocenters. The van der Waals surface area contributed by atoms with Crippen LogP contribution in [0.25, 0.3) is 0 Å². The molecule has 0 heterocycles. The zero-order chi connectivity index (χ0) is 17.4. The molecule has 25 heavy (non-hydrogen) atoms. The number of ether oxygens (including phenoxy) is 2. The van der Waals surface area contributed by atoms with E-state index in [1.165, 1.54) is 0 Å². The molecule has 2 aromatic rings. The number of carbonyl (C=O) groups is 1. The smallest absolute Gasteiger partial charge is 0.549 e. The van der Waals surface area contributed by atoms with Gasteiger partial charge in [-0.15, -0.1) is 0 Å². The van der Waals surface area contributed by atoms with Crippen molar-refractivity contribution in [2.24, 2.45) is 0 Å². The SMILES string of the molecule is COc1ccc(O[C@@H](CCN(C)CC(=O)[O-])c2ccccc2)cc1.[Li+]. The molecule has 0 aliphatic heterocycles. The quantitative estimate of drug-likeness (QED) is 0.544. The number of aliphatic carboxylic acids is 1. The molecule has 128 valence electrons. The Kier molecular flexibility index (Phi) is 9.15. The molecule has 0 aliphatic rings. The van der Waals surface area contributed by atoms with E-state index in [0.29, 0.717) is 13.0 Å². The Hall–Kier alpha value is -1.93. The van der Waals surface area contributed by atoms with E-state index >= 15 is 0 Å². The summed E-state index contributed by atoms with van der Waals surface area (Å²) < 4.78 is 11.3. The number of likely N-dealkylation sites (N-methyl/N-ethyl adjacent to an activating group) is 1. The minimum absolute atomic E-state index is 0. The number of rotatable bonds is 9. The van der Waals surface area contributed by atoms with Crippen molar-refractivity contribution in [1.82, 2.24) is 4.90 Å². The van der Waals surface area contributed by atoms with Crippen molar-refractivity contribution in [2.45, 2.75) is 12.5 Å². The molecule has 0 radical (unpaired) electrons. The van der Waals surface area contributed by atoms with Crippen LogP contribution < -0.4 is 33.4 Å². The van der Waals surface area contributed by atoms with Gasteiger partial charge in [-0.3, -0.25) is 0 Å². The summed E-state index contributed by atoms with van der Waals surface area (Å²) in [5.74, 6) is 0.435. The number of methoxy groups -OCH3 is 1. The molecule has 5 nitrogen and oxygen atoms in total. The van der Waals surface area contributed by atoms with Gasteiger partial charge in [-0.25, -0.2) is 0 Å². The molecule has 0 aromatic heterocycles. The number of nitrogens with zero attached hydrogens (tertiary/aromatic N) is 1. The van der Waals surface area contributed by atoms with Crippen molar-refractivity contribution in [3.05, 3.63) is 60.2 Å². The van der Waals surface area contributed by atoms with Crippen LogP contribution in [0.3, 0.4) is 0 Å². The van der Waals surface area contributed by atoms with Crippen molar-refractivity contribution in [3.8, 4) is 11.5 Å². The number of hydrogen-bond acceptors (Lipinski definition) is 5. The molecule has 2 rings (SSSR count).